The summed E-state index contributed by atoms with van der Waals surface area (Å²) < 4.78 is 35.9. The minimum atomic E-state index is -3.53. The number of rotatable bonds is 5. The zero-order chi connectivity index (χ0) is 18.0. The second kappa shape index (κ2) is 7.10. The highest BCUT2D eigenvalue weighted by atomic mass is 32.2. The summed E-state index contributed by atoms with van der Waals surface area (Å²) in [7, 11) is -3.53. The molecule has 0 bridgehead atoms. The normalized spacial score (nSPS) is 25.2. The molecule has 2 atom stereocenters. The fourth-order valence-corrected chi connectivity index (χ4v) is 4.41. The highest BCUT2D eigenvalue weighted by molar-refractivity contribution is 7.88. The summed E-state index contributed by atoms with van der Waals surface area (Å²) in [5.41, 5.74) is 0.331. The highest BCUT2D eigenvalue weighted by Gasteiger charge is 2.38. The van der Waals surface area contributed by atoms with Gasteiger partial charge in [-0.3, -0.25) is 4.79 Å². The van der Waals surface area contributed by atoms with Crippen molar-refractivity contribution in [3.05, 3.63) is 18.0 Å². The van der Waals surface area contributed by atoms with Crippen LogP contribution in [-0.2, 0) is 30.1 Å². The van der Waals surface area contributed by atoms with Gasteiger partial charge < -0.3 is 19.3 Å². The number of aromatic nitrogens is 1. The van der Waals surface area contributed by atoms with Gasteiger partial charge in [0.2, 0.25) is 10.0 Å². The van der Waals surface area contributed by atoms with Gasteiger partial charge >= 0.3 is 5.97 Å². The van der Waals surface area contributed by atoms with E-state index in [1.54, 1.807) is 0 Å². The Morgan fingerprint density at radius 2 is 1.88 bits per heavy atom. The number of carboxylic acid groups (broad SMARTS) is 1. The zero-order valence-electron chi connectivity index (χ0n) is 13.4. The van der Waals surface area contributed by atoms with E-state index in [9.17, 15) is 18.0 Å². The van der Waals surface area contributed by atoms with Crippen molar-refractivity contribution in [3.63, 3.8) is 0 Å². The molecule has 0 spiro atoms. The monoisotopic (exact) mass is 373 g/mol. The van der Waals surface area contributed by atoms with E-state index >= 15 is 0 Å². The topological polar surface area (TPSA) is 130 Å². The molecule has 0 aliphatic carbocycles. The Labute approximate surface area is 144 Å². The third kappa shape index (κ3) is 3.99. The molecule has 0 radical (unpaired) electrons. The van der Waals surface area contributed by atoms with Crippen molar-refractivity contribution in [2.24, 2.45) is 0 Å². The molecule has 11 heteroatoms. The van der Waals surface area contributed by atoms with Gasteiger partial charge in [0, 0.05) is 32.2 Å². The minimum absolute atomic E-state index is 0.182. The fourth-order valence-electron chi connectivity index (χ4n) is 2.98. The molecule has 1 aromatic heterocycles. The Morgan fingerprint density at radius 1 is 1.20 bits per heavy atom. The summed E-state index contributed by atoms with van der Waals surface area (Å²) in [5, 5.41) is 12.5. The number of hydrogen-bond acceptors (Lipinski definition) is 7. The first kappa shape index (κ1) is 17.8. The van der Waals surface area contributed by atoms with Gasteiger partial charge in [-0.1, -0.05) is 5.16 Å². The number of hydrogen-bond donors (Lipinski definition) is 1. The van der Waals surface area contributed by atoms with Crippen LogP contribution in [0.25, 0.3) is 0 Å². The molecule has 2 fully saturated rings. The number of carbonyl (C=O) groups is 2. The predicted molar refractivity (Wildman–Crippen MR) is 82.8 cm³/mol. The Kier molecular flexibility index (Phi) is 5.06. The summed E-state index contributed by atoms with van der Waals surface area (Å²) >= 11 is 0. The van der Waals surface area contributed by atoms with Crippen molar-refractivity contribution in [2.75, 3.05) is 26.2 Å². The van der Waals surface area contributed by atoms with Gasteiger partial charge in [0.15, 0.2) is 6.10 Å². The summed E-state index contributed by atoms with van der Waals surface area (Å²) in [6.45, 7) is 0.852. The number of aliphatic carboxylic acids is 1. The van der Waals surface area contributed by atoms with Gasteiger partial charge in [0.05, 0.1) is 5.69 Å². The van der Waals surface area contributed by atoms with Crippen molar-refractivity contribution in [1.29, 1.82) is 0 Å². The Balaban J connectivity index is 1.53. The molecule has 0 aromatic carbocycles. The molecule has 1 N–H and O–H groups in total. The van der Waals surface area contributed by atoms with E-state index in [1.807, 2.05) is 0 Å². The van der Waals surface area contributed by atoms with E-state index in [0.717, 1.165) is 0 Å². The molecular formula is C14H19N3O7S. The number of carbonyl (C=O) groups excluding carboxylic acids is 1. The molecule has 2 saturated heterocycles. The van der Waals surface area contributed by atoms with Crippen LogP contribution >= 0.6 is 0 Å². The summed E-state index contributed by atoms with van der Waals surface area (Å²) in [5.74, 6) is -1.60. The van der Waals surface area contributed by atoms with Crippen LogP contribution in [-0.4, -0.2) is 78.1 Å². The van der Waals surface area contributed by atoms with E-state index in [-0.39, 0.29) is 37.8 Å². The first-order valence-corrected chi connectivity index (χ1v) is 9.52. The smallest absolute Gasteiger partial charge is 0.332 e. The van der Waals surface area contributed by atoms with Crippen molar-refractivity contribution >= 4 is 21.9 Å². The Bertz CT molecular complexity index is 726. The summed E-state index contributed by atoms with van der Waals surface area (Å²) in [4.78, 5) is 24.8. The molecule has 0 saturated carbocycles. The highest BCUT2D eigenvalue weighted by Crippen LogP contribution is 2.22. The third-order valence-electron chi connectivity index (χ3n) is 4.34. The van der Waals surface area contributed by atoms with Crippen LogP contribution in [0.15, 0.2) is 16.9 Å². The third-order valence-corrected chi connectivity index (χ3v) is 6.15. The number of ether oxygens (including phenoxy) is 1. The largest absolute Gasteiger partial charge is 0.479 e. The van der Waals surface area contributed by atoms with Gasteiger partial charge in [0.1, 0.15) is 18.1 Å². The molecule has 3 rings (SSSR count). The van der Waals surface area contributed by atoms with Gasteiger partial charge in [-0.25, -0.2) is 13.2 Å². The predicted octanol–water partition coefficient (Wildman–Crippen LogP) is -0.719. The standard InChI is InChI=1S/C14H19N3O7S/c18-13(11-1-2-12(24-11)14(19)20)16-4-6-17(7-5-16)25(21,22)9-10-3-8-23-15-10/h3,8,11-12H,1-2,4-7,9H2,(H,19,20)/t11-,12+/m0/s1. The lowest BCUT2D eigenvalue weighted by molar-refractivity contribution is -0.155. The van der Waals surface area contributed by atoms with E-state index in [0.29, 0.717) is 18.5 Å². The second-order valence-corrected chi connectivity index (χ2v) is 7.97. The molecule has 2 aliphatic heterocycles. The Morgan fingerprint density at radius 3 is 2.44 bits per heavy atom. The molecule has 1 aromatic rings. The molecule has 3 heterocycles. The molecule has 25 heavy (non-hydrogen) atoms. The van der Waals surface area contributed by atoms with E-state index in [4.69, 9.17) is 9.84 Å². The fraction of sp³-hybridized carbons (Fsp3) is 0.643. The summed E-state index contributed by atoms with van der Waals surface area (Å²) in [6, 6.07) is 1.49. The molecule has 138 valence electrons. The SMILES string of the molecule is O=C(O)[C@H]1CC[C@@H](C(=O)N2CCN(S(=O)(=O)Cc3ccon3)CC2)O1. The van der Waals surface area contributed by atoms with Crippen molar-refractivity contribution in [3.8, 4) is 0 Å². The number of piperazine rings is 1. The quantitative estimate of drug-likeness (QED) is 0.716. The van der Waals surface area contributed by atoms with Crippen LogP contribution in [0.3, 0.4) is 0 Å². The first-order chi connectivity index (χ1) is 11.9. The lowest BCUT2D eigenvalue weighted by Gasteiger charge is -2.35. The summed E-state index contributed by atoms with van der Waals surface area (Å²) in [6.07, 6.45) is 0.267. The lowest BCUT2D eigenvalue weighted by atomic mass is 10.1. The molecule has 0 unspecified atom stereocenters. The van der Waals surface area contributed by atoms with Crippen molar-refractivity contribution < 1.29 is 32.4 Å². The number of nitrogens with zero attached hydrogens (tertiary/aromatic N) is 3. The number of amides is 1. The van der Waals surface area contributed by atoms with E-state index < -0.39 is 28.2 Å². The van der Waals surface area contributed by atoms with Gasteiger partial charge in [0.25, 0.3) is 5.91 Å². The van der Waals surface area contributed by atoms with Crippen LogP contribution in [0.4, 0.5) is 0 Å². The zero-order valence-corrected chi connectivity index (χ0v) is 14.2. The van der Waals surface area contributed by atoms with Crippen molar-refractivity contribution in [2.45, 2.75) is 30.8 Å². The minimum Gasteiger partial charge on any atom is -0.479 e. The van der Waals surface area contributed by atoms with E-state index in [1.165, 1.54) is 21.5 Å². The molecular weight excluding hydrogens is 354 g/mol. The molecule has 10 nitrogen and oxygen atoms in total. The molecule has 2 aliphatic rings. The second-order valence-electron chi connectivity index (χ2n) is 6.00. The average Bonchev–Trinajstić information content (AvgIpc) is 3.25. The van der Waals surface area contributed by atoms with E-state index in [2.05, 4.69) is 9.68 Å². The maximum Gasteiger partial charge on any atom is 0.332 e. The lowest BCUT2D eigenvalue weighted by Crippen LogP contribution is -2.53. The van der Waals surface area contributed by atoms with Crippen LogP contribution in [0.5, 0.6) is 0 Å². The van der Waals surface area contributed by atoms with Crippen LogP contribution in [0.1, 0.15) is 18.5 Å². The van der Waals surface area contributed by atoms with Crippen LogP contribution < -0.4 is 0 Å². The van der Waals surface area contributed by atoms with Crippen LogP contribution in [0, 0.1) is 0 Å². The van der Waals surface area contributed by atoms with Gasteiger partial charge in [-0.2, -0.15) is 4.31 Å². The Hall–Kier alpha value is -1.98. The number of sulfonamides is 1. The average molecular weight is 373 g/mol. The maximum absolute atomic E-state index is 12.4. The van der Waals surface area contributed by atoms with Gasteiger partial charge in [-0.15, -0.1) is 0 Å². The van der Waals surface area contributed by atoms with Crippen LogP contribution in [0.2, 0.25) is 0 Å². The first-order valence-electron chi connectivity index (χ1n) is 7.91. The number of carboxylic acids is 1. The maximum atomic E-state index is 12.4. The molecule has 1 amide bonds. The van der Waals surface area contributed by atoms with Gasteiger partial charge in [-0.05, 0) is 12.8 Å². The van der Waals surface area contributed by atoms with Crippen molar-refractivity contribution in [1.82, 2.24) is 14.4 Å².